The smallest absolute Gasteiger partial charge is 0.244 e. The molecule has 0 aliphatic rings. The van der Waals surface area contributed by atoms with Gasteiger partial charge >= 0.3 is 0 Å². The Labute approximate surface area is 131 Å². The monoisotopic (exact) mass is 300 g/mol. The molecule has 0 radical (unpaired) electrons. The fourth-order valence-electron chi connectivity index (χ4n) is 2.35. The van der Waals surface area contributed by atoms with Crippen molar-refractivity contribution in [3.8, 4) is 0 Å². The lowest BCUT2D eigenvalue weighted by Crippen LogP contribution is -2.29. The van der Waals surface area contributed by atoms with Crippen LogP contribution in [-0.4, -0.2) is 46.4 Å². The Hall–Kier alpha value is -2.14. The summed E-state index contributed by atoms with van der Waals surface area (Å²) >= 11 is 0. The van der Waals surface area contributed by atoms with Gasteiger partial charge in [-0.2, -0.15) is 0 Å². The third kappa shape index (κ3) is 4.43. The van der Waals surface area contributed by atoms with Crippen LogP contribution in [0.3, 0.4) is 0 Å². The van der Waals surface area contributed by atoms with Crippen LogP contribution < -0.4 is 5.32 Å². The molecule has 22 heavy (non-hydrogen) atoms. The normalized spacial score (nSPS) is 11.6. The van der Waals surface area contributed by atoms with Crippen LogP contribution in [0, 0.1) is 0 Å². The topological polar surface area (TPSA) is 49.6 Å². The average molecular weight is 300 g/mol. The first-order valence-corrected chi connectivity index (χ1v) is 7.85. The number of aromatic nitrogens is 2. The molecular weight excluding hydrogens is 276 g/mol. The van der Waals surface area contributed by atoms with Crippen molar-refractivity contribution in [2.75, 3.05) is 26.2 Å². The Morgan fingerprint density at radius 2 is 2.18 bits per heavy atom. The van der Waals surface area contributed by atoms with Gasteiger partial charge in [0.25, 0.3) is 0 Å². The Morgan fingerprint density at radius 3 is 2.95 bits per heavy atom. The van der Waals surface area contributed by atoms with Gasteiger partial charge < -0.3 is 14.6 Å². The molecule has 0 aliphatic heterocycles. The fourth-order valence-corrected chi connectivity index (χ4v) is 2.35. The zero-order valence-corrected chi connectivity index (χ0v) is 13.3. The van der Waals surface area contributed by atoms with Crippen LogP contribution in [0.25, 0.3) is 11.7 Å². The molecule has 2 aromatic rings. The standard InChI is InChI=1S/C17H24N4O/c1-3-20(4-2)12-7-11-18-17(22)10-9-15-14-19-16-8-5-6-13-21(15)16/h5-6,8-10,13-14H,3-4,7,11-12H2,1-2H3,(H,18,22)/b10-9+. The maximum atomic E-state index is 11.8. The largest absolute Gasteiger partial charge is 0.353 e. The summed E-state index contributed by atoms with van der Waals surface area (Å²) in [4.78, 5) is 18.4. The highest BCUT2D eigenvalue weighted by molar-refractivity contribution is 5.91. The van der Waals surface area contributed by atoms with Crippen LogP contribution in [0.1, 0.15) is 26.0 Å². The van der Waals surface area contributed by atoms with Gasteiger partial charge in [0, 0.05) is 18.8 Å². The number of rotatable bonds is 8. The van der Waals surface area contributed by atoms with E-state index in [1.54, 1.807) is 18.3 Å². The molecule has 0 aromatic carbocycles. The van der Waals surface area contributed by atoms with E-state index in [1.165, 1.54) is 0 Å². The van der Waals surface area contributed by atoms with Crippen molar-refractivity contribution in [1.29, 1.82) is 0 Å². The molecule has 2 rings (SSSR count). The van der Waals surface area contributed by atoms with E-state index >= 15 is 0 Å². The Bertz CT molecular complexity index is 628. The molecule has 5 nitrogen and oxygen atoms in total. The molecule has 1 amide bonds. The molecule has 0 saturated carbocycles. The number of imidazole rings is 1. The molecule has 118 valence electrons. The van der Waals surface area contributed by atoms with Gasteiger partial charge in [0.05, 0.1) is 11.9 Å². The number of carbonyl (C=O) groups is 1. The van der Waals surface area contributed by atoms with Crippen molar-refractivity contribution in [3.63, 3.8) is 0 Å². The first-order chi connectivity index (χ1) is 10.7. The van der Waals surface area contributed by atoms with Crippen LogP contribution >= 0.6 is 0 Å². The molecule has 0 atom stereocenters. The molecule has 5 heteroatoms. The van der Waals surface area contributed by atoms with Crippen LogP contribution in [-0.2, 0) is 4.79 Å². The zero-order chi connectivity index (χ0) is 15.8. The lowest BCUT2D eigenvalue weighted by molar-refractivity contribution is -0.116. The predicted octanol–water partition coefficient (Wildman–Crippen LogP) is 2.20. The summed E-state index contributed by atoms with van der Waals surface area (Å²) in [6, 6.07) is 5.82. The third-order valence-corrected chi connectivity index (χ3v) is 3.70. The number of fused-ring (bicyclic) bond motifs is 1. The maximum absolute atomic E-state index is 11.8. The van der Waals surface area contributed by atoms with Gasteiger partial charge in [-0.25, -0.2) is 4.98 Å². The molecule has 2 heterocycles. The SMILES string of the molecule is CCN(CC)CCCNC(=O)/C=C/c1cnc2ccccn12. The van der Waals surface area contributed by atoms with Crippen molar-refractivity contribution in [3.05, 3.63) is 42.4 Å². The predicted molar refractivity (Wildman–Crippen MR) is 89.6 cm³/mol. The number of pyridine rings is 1. The van der Waals surface area contributed by atoms with Crippen LogP contribution in [0.15, 0.2) is 36.7 Å². The van der Waals surface area contributed by atoms with E-state index in [1.807, 2.05) is 28.8 Å². The van der Waals surface area contributed by atoms with E-state index in [9.17, 15) is 4.79 Å². The fraction of sp³-hybridized carbons (Fsp3) is 0.412. The third-order valence-electron chi connectivity index (χ3n) is 3.70. The summed E-state index contributed by atoms with van der Waals surface area (Å²) in [5.41, 5.74) is 1.77. The van der Waals surface area contributed by atoms with E-state index in [-0.39, 0.29) is 5.91 Å². The Kier molecular flexibility index (Phi) is 6.15. The molecular formula is C17H24N4O. The van der Waals surface area contributed by atoms with Crippen molar-refractivity contribution in [2.45, 2.75) is 20.3 Å². The number of carbonyl (C=O) groups excluding carboxylic acids is 1. The quantitative estimate of drug-likeness (QED) is 0.600. The first kappa shape index (κ1) is 16.2. The Morgan fingerprint density at radius 1 is 1.36 bits per heavy atom. The number of nitrogens with zero attached hydrogens (tertiary/aromatic N) is 3. The minimum Gasteiger partial charge on any atom is -0.353 e. The van der Waals surface area contributed by atoms with Gasteiger partial charge in [0.2, 0.25) is 5.91 Å². The van der Waals surface area contributed by atoms with Gasteiger partial charge in [-0.15, -0.1) is 0 Å². The van der Waals surface area contributed by atoms with Gasteiger partial charge in [-0.05, 0) is 44.3 Å². The summed E-state index contributed by atoms with van der Waals surface area (Å²) < 4.78 is 1.95. The van der Waals surface area contributed by atoms with E-state index in [2.05, 4.69) is 29.0 Å². The molecule has 0 unspecified atom stereocenters. The van der Waals surface area contributed by atoms with E-state index in [0.717, 1.165) is 37.4 Å². The summed E-state index contributed by atoms with van der Waals surface area (Å²) in [6.45, 7) is 8.13. The molecule has 2 aromatic heterocycles. The van der Waals surface area contributed by atoms with Crippen LogP contribution in [0.5, 0.6) is 0 Å². The van der Waals surface area contributed by atoms with E-state index in [0.29, 0.717) is 6.54 Å². The minimum absolute atomic E-state index is 0.0644. The number of hydrogen-bond donors (Lipinski definition) is 1. The lowest BCUT2D eigenvalue weighted by atomic mass is 10.3. The number of nitrogens with one attached hydrogen (secondary N) is 1. The highest BCUT2D eigenvalue weighted by Gasteiger charge is 2.01. The molecule has 0 saturated heterocycles. The van der Waals surface area contributed by atoms with Crippen molar-refractivity contribution in [2.24, 2.45) is 0 Å². The second-order valence-electron chi connectivity index (χ2n) is 5.12. The summed E-state index contributed by atoms with van der Waals surface area (Å²) in [6.07, 6.45) is 8.02. The van der Waals surface area contributed by atoms with E-state index in [4.69, 9.17) is 0 Å². The van der Waals surface area contributed by atoms with Gasteiger partial charge in [0.15, 0.2) is 0 Å². The molecule has 0 fully saturated rings. The zero-order valence-electron chi connectivity index (χ0n) is 13.3. The van der Waals surface area contributed by atoms with Crippen molar-refractivity contribution < 1.29 is 4.79 Å². The van der Waals surface area contributed by atoms with Crippen molar-refractivity contribution >= 4 is 17.6 Å². The second kappa shape index (κ2) is 8.34. The van der Waals surface area contributed by atoms with Gasteiger partial charge in [-0.3, -0.25) is 4.79 Å². The maximum Gasteiger partial charge on any atom is 0.244 e. The molecule has 0 bridgehead atoms. The van der Waals surface area contributed by atoms with Gasteiger partial charge in [0.1, 0.15) is 5.65 Å². The number of amides is 1. The summed E-state index contributed by atoms with van der Waals surface area (Å²) in [5.74, 6) is -0.0644. The van der Waals surface area contributed by atoms with Gasteiger partial charge in [-0.1, -0.05) is 19.9 Å². The highest BCUT2D eigenvalue weighted by Crippen LogP contribution is 2.07. The average Bonchev–Trinajstić information content (AvgIpc) is 2.96. The second-order valence-corrected chi connectivity index (χ2v) is 5.12. The molecule has 0 aliphatic carbocycles. The Balaban J connectivity index is 1.79. The molecule has 0 spiro atoms. The highest BCUT2D eigenvalue weighted by atomic mass is 16.1. The van der Waals surface area contributed by atoms with Crippen molar-refractivity contribution in [1.82, 2.24) is 19.6 Å². The lowest BCUT2D eigenvalue weighted by Gasteiger charge is -2.17. The van der Waals surface area contributed by atoms with E-state index < -0.39 is 0 Å². The van der Waals surface area contributed by atoms with Crippen LogP contribution in [0.4, 0.5) is 0 Å². The molecule has 1 N–H and O–H groups in total. The summed E-state index contributed by atoms with van der Waals surface area (Å²) in [5, 5.41) is 2.91. The number of hydrogen-bond acceptors (Lipinski definition) is 3. The van der Waals surface area contributed by atoms with Crippen LogP contribution in [0.2, 0.25) is 0 Å². The minimum atomic E-state index is -0.0644. The summed E-state index contributed by atoms with van der Waals surface area (Å²) in [7, 11) is 0. The first-order valence-electron chi connectivity index (χ1n) is 7.85.